The van der Waals surface area contributed by atoms with Gasteiger partial charge in [-0.15, -0.1) is 0 Å². The van der Waals surface area contributed by atoms with E-state index >= 15 is 0 Å². The van der Waals surface area contributed by atoms with Gasteiger partial charge < -0.3 is 42.7 Å². The van der Waals surface area contributed by atoms with Crippen molar-refractivity contribution in [1.82, 2.24) is 0 Å². The molecule has 0 aliphatic carbocycles. The Morgan fingerprint density at radius 2 is 0.955 bits per heavy atom. The summed E-state index contributed by atoms with van der Waals surface area (Å²) in [6, 6.07) is -1.75. The summed E-state index contributed by atoms with van der Waals surface area (Å²) in [5.74, 6) is -3.84. The van der Waals surface area contributed by atoms with Gasteiger partial charge >= 0.3 is 103 Å². The molecule has 116 valence electrons. The number of hydrogen-bond acceptors (Lipinski definition) is 8. The van der Waals surface area contributed by atoms with Crippen molar-refractivity contribution in [3.63, 3.8) is 0 Å². The summed E-state index contributed by atoms with van der Waals surface area (Å²) in [4.78, 5) is 40.0. The first-order valence-corrected chi connectivity index (χ1v) is 5.57. The Morgan fingerprint density at radius 3 is 1.09 bits per heavy atom. The smallest absolute Gasteiger partial charge is 0.550 e. The summed E-state index contributed by atoms with van der Waals surface area (Å²) in [7, 11) is 0. The van der Waals surface area contributed by atoms with Crippen LogP contribution >= 0.6 is 0 Å². The maximum absolute atomic E-state index is 10.2. The summed E-state index contributed by atoms with van der Waals surface area (Å²) in [5, 5.41) is 19.6. The van der Waals surface area contributed by atoms with Gasteiger partial charge in [0.05, 0.1) is 12.1 Å². The zero-order valence-electron chi connectivity index (χ0n) is 12.7. The SMILES string of the molecule is NC(=O)[C@@H](N)CCC(=O)[O-].NC(=O)[C@@H](N)CCC(=O)[O-].[K+].[K+]. The second kappa shape index (κ2) is 18.4. The van der Waals surface area contributed by atoms with Gasteiger partial charge in [-0.2, -0.15) is 0 Å². The van der Waals surface area contributed by atoms with E-state index in [1.165, 1.54) is 0 Å². The predicted octanol–water partition coefficient (Wildman–Crippen LogP) is -11.3. The molecule has 2 atom stereocenters. The summed E-state index contributed by atoms with van der Waals surface area (Å²) in [5.41, 5.74) is 19.7. The van der Waals surface area contributed by atoms with Crippen LogP contribution in [0.3, 0.4) is 0 Å². The van der Waals surface area contributed by atoms with Crippen LogP contribution in [-0.4, -0.2) is 35.8 Å². The molecule has 8 N–H and O–H groups in total. The molecule has 12 heteroatoms. The Bertz CT molecular complexity index is 335. The molecule has 0 aromatic carbocycles. The maximum atomic E-state index is 10.2. The number of carboxylic acid groups (broad SMARTS) is 2. The molecule has 2 amide bonds. The van der Waals surface area contributed by atoms with E-state index in [-0.39, 0.29) is 128 Å². The summed E-state index contributed by atoms with van der Waals surface area (Å²) in [6.07, 6.45) is -0.385. The molecule has 0 bridgehead atoms. The first kappa shape index (κ1) is 30.9. The van der Waals surface area contributed by atoms with Gasteiger partial charge in [-0.1, -0.05) is 0 Å². The molecule has 0 aromatic heterocycles. The first-order valence-electron chi connectivity index (χ1n) is 5.57. The number of carbonyl (C=O) groups is 4. The van der Waals surface area contributed by atoms with E-state index in [0.717, 1.165) is 0 Å². The third-order valence-electron chi connectivity index (χ3n) is 2.05. The van der Waals surface area contributed by atoms with E-state index in [0.29, 0.717) is 0 Å². The van der Waals surface area contributed by atoms with Crippen molar-refractivity contribution in [3.8, 4) is 0 Å². The Hall–Kier alpha value is 1.07. The number of nitrogens with two attached hydrogens (primary N) is 4. The van der Waals surface area contributed by atoms with Crippen LogP contribution in [0.15, 0.2) is 0 Å². The van der Waals surface area contributed by atoms with Crippen LogP contribution in [0, 0.1) is 0 Å². The average molecular weight is 368 g/mol. The van der Waals surface area contributed by atoms with E-state index < -0.39 is 35.8 Å². The number of amides is 2. The maximum Gasteiger partial charge on any atom is 1.00 e. The molecule has 0 spiro atoms. The number of rotatable bonds is 8. The quantitative estimate of drug-likeness (QED) is 0.300. The summed E-state index contributed by atoms with van der Waals surface area (Å²) in [6.45, 7) is 0. The molecule has 0 saturated heterocycles. The second-order valence-electron chi connectivity index (χ2n) is 3.84. The molecule has 10 nitrogen and oxygen atoms in total. The summed E-state index contributed by atoms with van der Waals surface area (Å²) >= 11 is 0. The minimum atomic E-state index is -1.23. The Kier molecular flexibility index (Phi) is 25.9. The molecule has 0 saturated carbocycles. The van der Waals surface area contributed by atoms with Gasteiger partial charge in [0.1, 0.15) is 0 Å². The molecule has 0 aromatic rings. The van der Waals surface area contributed by atoms with E-state index in [9.17, 15) is 29.4 Å². The third kappa shape index (κ3) is 23.3. The predicted molar refractivity (Wildman–Crippen MR) is 62.8 cm³/mol. The average Bonchev–Trinajstić information content (AvgIpc) is 2.33. The molecule has 0 aliphatic heterocycles. The van der Waals surface area contributed by atoms with Gasteiger partial charge in [0.25, 0.3) is 0 Å². The Labute approximate surface area is 212 Å². The van der Waals surface area contributed by atoms with E-state index in [1.807, 2.05) is 0 Å². The van der Waals surface area contributed by atoms with Gasteiger partial charge in [0.2, 0.25) is 11.8 Å². The van der Waals surface area contributed by atoms with Crippen molar-refractivity contribution in [1.29, 1.82) is 0 Å². The molecule has 0 fully saturated rings. The van der Waals surface area contributed by atoms with Gasteiger partial charge in [-0.05, 0) is 25.7 Å². The van der Waals surface area contributed by atoms with Gasteiger partial charge in [-0.3, -0.25) is 9.59 Å². The van der Waals surface area contributed by atoms with Crippen molar-refractivity contribution >= 4 is 23.8 Å². The number of aliphatic carboxylic acids is 2. The van der Waals surface area contributed by atoms with Crippen LogP contribution < -0.4 is 136 Å². The molecular formula is C10H18K2N4O6. The topological polar surface area (TPSA) is 218 Å². The fraction of sp³-hybridized carbons (Fsp3) is 0.600. The molecule has 0 heterocycles. The fourth-order valence-electron chi connectivity index (χ4n) is 0.831. The van der Waals surface area contributed by atoms with Crippen molar-refractivity contribution in [2.75, 3.05) is 0 Å². The fourth-order valence-corrected chi connectivity index (χ4v) is 0.831. The van der Waals surface area contributed by atoms with Gasteiger partial charge in [0.15, 0.2) is 0 Å². The van der Waals surface area contributed by atoms with Gasteiger partial charge in [-0.25, -0.2) is 0 Å². The van der Waals surface area contributed by atoms with Gasteiger partial charge in [0, 0.05) is 11.9 Å². The molecule has 0 rings (SSSR count). The molecule has 22 heavy (non-hydrogen) atoms. The van der Waals surface area contributed by atoms with Crippen molar-refractivity contribution in [3.05, 3.63) is 0 Å². The minimum absolute atomic E-state index is 0. The number of hydrogen-bond donors (Lipinski definition) is 4. The van der Waals surface area contributed by atoms with Crippen LogP contribution in [-0.2, 0) is 19.2 Å². The van der Waals surface area contributed by atoms with E-state index in [1.54, 1.807) is 0 Å². The van der Waals surface area contributed by atoms with E-state index in [2.05, 4.69) is 0 Å². The third-order valence-corrected chi connectivity index (χ3v) is 2.05. The second-order valence-corrected chi connectivity index (χ2v) is 3.84. The molecular weight excluding hydrogens is 350 g/mol. The van der Waals surface area contributed by atoms with Crippen LogP contribution in [0.2, 0.25) is 0 Å². The summed E-state index contributed by atoms with van der Waals surface area (Å²) < 4.78 is 0. The number of primary amides is 2. The zero-order chi connectivity index (χ0) is 16.3. The monoisotopic (exact) mass is 368 g/mol. The van der Waals surface area contributed by atoms with E-state index in [4.69, 9.17) is 22.9 Å². The van der Waals surface area contributed by atoms with Crippen LogP contribution in [0.1, 0.15) is 25.7 Å². The molecule has 0 unspecified atom stereocenters. The van der Waals surface area contributed by atoms with Crippen LogP contribution in [0.4, 0.5) is 0 Å². The molecule has 0 radical (unpaired) electrons. The Morgan fingerprint density at radius 1 is 0.727 bits per heavy atom. The number of carboxylic acids is 2. The first-order chi connectivity index (χ1) is 9.07. The van der Waals surface area contributed by atoms with Crippen molar-refractivity contribution in [2.45, 2.75) is 37.8 Å². The standard InChI is InChI=1S/2C5H10N2O3.2K/c2*6-3(5(7)10)1-2-4(8)9;;/h2*3H,1-2,6H2,(H2,7,10)(H,8,9);;/q;;2*+1/p-2/t2*3-;;/m00../s1. The number of carbonyl (C=O) groups excluding carboxylic acids is 4. The minimum Gasteiger partial charge on any atom is -0.550 e. The normalized spacial score (nSPS) is 11.4. The van der Waals surface area contributed by atoms with Crippen LogP contribution in [0.25, 0.3) is 0 Å². The molecule has 0 aliphatic rings. The van der Waals surface area contributed by atoms with Crippen molar-refractivity contribution in [2.24, 2.45) is 22.9 Å². The largest absolute Gasteiger partial charge is 1.00 e. The van der Waals surface area contributed by atoms with Crippen LogP contribution in [0.5, 0.6) is 0 Å². The van der Waals surface area contributed by atoms with Crippen molar-refractivity contribution < 1.29 is 132 Å². The zero-order valence-corrected chi connectivity index (χ0v) is 19.0. The Balaban J connectivity index is -0.000000135.